The van der Waals surface area contributed by atoms with Gasteiger partial charge in [0, 0.05) is 51.3 Å². The Morgan fingerprint density at radius 3 is 3.05 bits per heavy atom. The van der Waals surface area contributed by atoms with Crippen molar-refractivity contribution in [3.63, 3.8) is 0 Å². The molecular weight excluding hydrogens is 276 g/mol. The van der Waals surface area contributed by atoms with E-state index in [0.29, 0.717) is 5.92 Å². The van der Waals surface area contributed by atoms with Crippen LogP contribution in [0.25, 0.3) is 0 Å². The van der Waals surface area contributed by atoms with Crippen LogP contribution in [0, 0.1) is 6.92 Å². The lowest BCUT2D eigenvalue weighted by Crippen LogP contribution is -2.36. The highest BCUT2D eigenvalue weighted by Crippen LogP contribution is 2.28. The fourth-order valence-corrected chi connectivity index (χ4v) is 3.15. The first kappa shape index (κ1) is 15.0. The molecule has 0 unspecified atom stereocenters. The van der Waals surface area contributed by atoms with Crippen LogP contribution in [0.15, 0.2) is 30.7 Å². The summed E-state index contributed by atoms with van der Waals surface area (Å²) in [5, 5.41) is 0. The number of methoxy groups -OCH3 is 1. The summed E-state index contributed by atoms with van der Waals surface area (Å²) in [5.41, 5.74) is 1.26. The van der Waals surface area contributed by atoms with Gasteiger partial charge in [-0.25, -0.2) is 9.97 Å². The summed E-state index contributed by atoms with van der Waals surface area (Å²) < 4.78 is 7.42. The van der Waals surface area contributed by atoms with Crippen LogP contribution in [0.1, 0.15) is 30.1 Å². The third-order valence-corrected chi connectivity index (χ3v) is 4.30. The number of ether oxygens (including phenoxy) is 1. The summed E-state index contributed by atoms with van der Waals surface area (Å²) in [5.74, 6) is 2.72. The van der Waals surface area contributed by atoms with Gasteiger partial charge in [0.15, 0.2) is 0 Å². The molecule has 0 N–H and O–H groups in total. The fourth-order valence-electron chi connectivity index (χ4n) is 3.15. The number of anilines is 1. The van der Waals surface area contributed by atoms with Crippen molar-refractivity contribution in [3.05, 3.63) is 42.1 Å². The molecule has 0 aliphatic carbocycles. The lowest BCUT2D eigenvalue weighted by atomic mass is 9.97. The van der Waals surface area contributed by atoms with Crippen LogP contribution in [0.5, 0.6) is 0 Å². The summed E-state index contributed by atoms with van der Waals surface area (Å²) in [6, 6.07) is 4.21. The van der Waals surface area contributed by atoms with Crippen LogP contribution < -0.4 is 4.90 Å². The van der Waals surface area contributed by atoms with Gasteiger partial charge in [-0.05, 0) is 37.5 Å². The topological polar surface area (TPSA) is 43.2 Å². The van der Waals surface area contributed by atoms with Crippen molar-refractivity contribution in [1.82, 2.24) is 14.5 Å². The minimum Gasteiger partial charge on any atom is -0.383 e. The van der Waals surface area contributed by atoms with E-state index >= 15 is 0 Å². The number of aromatic nitrogens is 3. The number of hydrogen-bond acceptors (Lipinski definition) is 4. The van der Waals surface area contributed by atoms with Gasteiger partial charge in [-0.3, -0.25) is 0 Å². The number of piperidine rings is 1. The molecule has 1 aliphatic rings. The number of rotatable bonds is 5. The molecule has 0 amide bonds. The lowest BCUT2D eigenvalue weighted by molar-refractivity contribution is 0.185. The van der Waals surface area contributed by atoms with E-state index < -0.39 is 0 Å². The van der Waals surface area contributed by atoms with Crippen molar-refractivity contribution in [2.75, 3.05) is 31.7 Å². The van der Waals surface area contributed by atoms with Crippen molar-refractivity contribution in [2.45, 2.75) is 32.2 Å². The Labute approximate surface area is 131 Å². The molecule has 1 saturated heterocycles. The highest BCUT2D eigenvalue weighted by Gasteiger charge is 2.25. The van der Waals surface area contributed by atoms with Crippen molar-refractivity contribution < 1.29 is 4.74 Å². The van der Waals surface area contributed by atoms with E-state index in [0.717, 1.165) is 32.1 Å². The van der Waals surface area contributed by atoms with Crippen molar-refractivity contribution in [2.24, 2.45) is 0 Å². The average Bonchev–Trinajstić information content (AvgIpc) is 3.01. The Morgan fingerprint density at radius 1 is 1.32 bits per heavy atom. The summed E-state index contributed by atoms with van der Waals surface area (Å²) in [4.78, 5) is 11.5. The summed E-state index contributed by atoms with van der Waals surface area (Å²) in [6.07, 6.45) is 8.21. The van der Waals surface area contributed by atoms with Crippen LogP contribution in [0.2, 0.25) is 0 Å². The molecule has 0 spiro atoms. The van der Waals surface area contributed by atoms with E-state index in [4.69, 9.17) is 4.74 Å². The molecule has 5 heteroatoms. The number of nitrogens with zero attached hydrogens (tertiary/aromatic N) is 4. The van der Waals surface area contributed by atoms with Gasteiger partial charge in [0.1, 0.15) is 11.6 Å². The minimum atomic E-state index is 0.461. The van der Waals surface area contributed by atoms with Gasteiger partial charge in [-0.15, -0.1) is 0 Å². The van der Waals surface area contributed by atoms with Gasteiger partial charge in [0.25, 0.3) is 0 Å². The van der Waals surface area contributed by atoms with E-state index in [2.05, 4.69) is 38.6 Å². The second-order valence-electron chi connectivity index (χ2n) is 5.95. The SMILES string of the molecule is COCCn1ccnc1[C@H]1CCCN(c2cc(C)ccn2)C1. The van der Waals surface area contributed by atoms with E-state index in [9.17, 15) is 0 Å². The molecule has 1 atom stereocenters. The van der Waals surface area contributed by atoms with Gasteiger partial charge in [-0.1, -0.05) is 0 Å². The molecule has 5 nitrogen and oxygen atoms in total. The Morgan fingerprint density at radius 2 is 2.23 bits per heavy atom. The smallest absolute Gasteiger partial charge is 0.128 e. The van der Waals surface area contributed by atoms with Crippen LogP contribution in [-0.4, -0.2) is 41.3 Å². The quantitative estimate of drug-likeness (QED) is 0.851. The largest absolute Gasteiger partial charge is 0.383 e. The molecule has 2 aromatic rings. The first-order valence-corrected chi connectivity index (χ1v) is 7.95. The molecule has 1 aliphatic heterocycles. The van der Waals surface area contributed by atoms with Crippen molar-refractivity contribution >= 4 is 5.82 Å². The van der Waals surface area contributed by atoms with Crippen molar-refractivity contribution in [1.29, 1.82) is 0 Å². The van der Waals surface area contributed by atoms with Crippen LogP contribution in [-0.2, 0) is 11.3 Å². The summed E-state index contributed by atoms with van der Waals surface area (Å²) >= 11 is 0. The van der Waals surface area contributed by atoms with E-state index in [1.807, 2.05) is 18.5 Å². The summed E-state index contributed by atoms with van der Waals surface area (Å²) in [6.45, 7) is 5.76. The molecule has 0 saturated carbocycles. The average molecular weight is 300 g/mol. The Balaban J connectivity index is 1.74. The maximum atomic E-state index is 5.19. The zero-order valence-electron chi connectivity index (χ0n) is 13.4. The molecule has 0 aromatic carbocycles. The number of pyridine rings is 1. The number of aryl methyl sites for hydroxylation is 1. The monoisotopic (exact) mass is 300 g/mol. The third kappa shape index (κ3) is 3.30. The highest BCUT2D eigenvalue weighted by atomic mass is 16.5. The zero-order chi connectivity index (χ0) is 15.4. The molecule has 3 rings (SSSR count). The standard InChI is InChI=1S/C17H24N4O/c1-14-5-6-18-16(12-14)21-8-3-4-15(13-21)17-19-7-9-20(17)10-11-22-2/h5-7,9,12,15H,3-4,8,10-11,13H2,1-2H3/t15-/m0/s1. The van der Waals surface area contributed by atoms with Crippen LogP contribution in [0.4, 0.5) is 5.82 Å². The number of imidazole rings is 1. The predicted molar refractivity (Wildman–Crippen MR) is 87.3 cm³/mol. The van der Waals surface area contributed by atoms with Gasteiger partial charge >= 0.3 is 0 Å². The van der Waals surface area contributed by atoms with E-state index in [1.165, 1.54) is 24.2 Å². The molecular formula is C17H24N4O. The maximum Gasteiger partial charge on any atom is 0.128 e. The highest BCUT2D eigenvalue weighted by molar-refractivity contribution is 5.41. The van der Waals surface area contributed by atoms with E-state index in [1.54, 1.807) is 7.11 Å². The molecule has 0 radical (unpaired) electrons. The third-order valence-electron chi connectivity index (χ3n) is 4.30. The molecule has 1 fully saturated rings. The fraction of sp³-hybridized carbons (Fsp3) is 0.529. The van der Waals surface area contributed by atoms with Crippen LogP contribution in [0.3, 0.4) is 0 Å². The molecule has 2 aromatic heterocycles. The summed E-state index contributed by atoms with van der Waals surface area (Å²) in [7, 11) is 1.74. The first-order valence-electron chi connectivity index (χ1n) is 7.95. The Bertz CT molecular complexity index is 610. The Kier molecular flexibility index (Phi) is 4.73. The lowest BCUT2D eigenvalue weighted by Gasteiger charge is -2.33. The minimum absolute atomic E-state index is 0.461. The van der Waals surface area contributed by atoms with Gasteiger partial charge in [-0.2, -0.15) is 0 Å². The second-order valence-corrected chi connectivity index (χ2v) is 5.95. The number of hydrogen-bond donors (Lipinski definition) is 0. The second kappa shape index (κ2) is 6.92. The normalized spacial score (nSPS) is 18.6. The van der Waals surface area contributed by atoms with Gasteiger partial charge < -0.3 is 14.2 Å². The molecule has 0 bridgehead atoms. The van der Waals surface area contributed by atoms with Crippen LogP contribution >= 0.6 is 0 Å². The van der Waals surface area contributed by atoms with Gasteiger partial charge in [0.05, 0.1) is 6.61 Å². The Hall–Kier alpha value is -1.88. The van der Waals surface area contributed by atoms with Crippen molar-refractivity contribution in [3.8, 4) is 0 Å². The molecule has 22 heavy (non-hydrogen) atoms. The first-order chi connectivity index (χ1) is 10.8. The predicted octanol–water partition coefficient (Wildman–Crippen LogP) is 2.62. The molecule has 118 valence electrons. The molecule has 3 heterocycles. The maximum absolute atomic E-state index is 5.19. The zero-order valence-corrected chi connectivity index (χ0v) is 13.4. The van der Waals surface area contributed by atoms with Gasteiger partial charge in [0.2, 0.25) is 0 Å². The van der Waals surface area contributed by atoms with E-state index in [-0.39, 0.29) is 0 Å².